The van der Waals surface area contributed by atoms with Crippen LogP contribution >= 0.6 is 0 Å². The highest BCUT2D eigenvalue weighted by Gasteiger charge is 2.22. The SMILES string of the molecule is O=C(Nc1cccc2cccnc12)C1CCNC1. The molecule has 92 valence electrons. The molecule has 2 N–H and O–H groups in total. The molecule has 1 unspecified atom stereocenters. The van der Waals surface area contributed by atoms with Crippen molar-refractivity contribution in [1.82, 2.24) is 10.3 Å². The highest BCUT2D eigenvalue weighted by molar-refractivity contribution is 6.01. The van der Waals surface area contributed by atoms with Crippen LogP contribution in [-0.2, 0) is 4.79 Å². The Morgan fingerprint density at radius 3 is 3.06 bits per heavy atom. The van der Waals surface area contributed by atoms with Crippen LogP contribution in [0.1, 0.15) is 6.42 Å². The van der Waals surface area contributed by atoms with Crippen molar-refractivity contribution in [3.8, 4) is 0 Å². The number of amides is 1. The third-order valence-corrected chi connectivity index (χ3v) is 3.32. The van der Waals surface area contributed by atoms with Gasteiger partial charge in [-0.3, -0.25) is 9.78 Å². The Morgan fingerprint density at radius 1 is 1.33 bits per heavy atom. The first-order valence-electron chi connectivity index (χ1n) is 6.20. The van der Waals surface area contributed by atoms with Gasteiger partial charge < -0.3 is 10.6 Å². The molecule has 1 amide bonds. The summed E-state index contributed by atoms with van der Waals surface area (Å²) in [6.07, 6.45) is 2.65. The molecule has 1 saturated heterocycles. The Bertz CT molecular complexity index is 571. The van der Waals surface area contributed by atoms with Crippen molar-refractivity contribution >= 4 is 22.5 Å². The van der Waals surface area contributed by atoms with Crippen molar-refractivity contribution in [2.75, 3.05) is 18.4 Å². The van der Waals surface area contributed by atoms with Gasteiger partial charge in [-0.1, -0.05) is 18.2 Å². The lowest BCUT2D eigenvalue weighted by molar-refractivity contribution is -0.119. The summed E-state index contributed by atoms with van der Waals surface area (Å²) in [6.45, 7) is 1.69. The largest absolute Gasteiger partial charge is 0.324 e. The Kier molecular flexibility index (Phi) is 2.94. The van der Waals surface area contributed by atoms with Crippen molar-refractivity contribution in [2.45, 2.75) is 6.42 Å². The molecule has 0 aliphatic carbocycles. The minimum Gasteiger partial charge on any atom is -0.324 e. The van der Waals surface area contributed by atoms with Gasteiger partial charge in [0.2, 0.25) is 5.91 Å². The average molecular weight is 241 g/mol. The zero-order chi connectivity index (χ0) is 12.4. The summed E-state index contributed by atoms with van der Waals surface area (Å²) in [6, 6.07) is 9.72. The topological polar surface area (TPSA) is 54.0 Å². The smallest absolute Gasteiger partial charge is 0.228 e. The number of para-hydroxylation sites is 1. The van der Waals surface area contributed by atoms with Crippen LogP contribution in [-0.4, -0.2) is 24.0 Å². The molecule has 0 bridgehead atoms. The van der Waals surface area contributed by atoms with E-state index in [1.807, 2.05) is 30.3 Å². The molecule has 4 heteroatoms. The standard InChI is InChI=1S/C14H15N3O/c18-14(11-6-8-15-9-11)17-12-5-1-3-10-4-2-7-16-13(10)12/h1-5,7,11,15H,6,8-9H2,(H,17,18). The van der Waals surface area contributed by atoms with Gasteiger partial charge in [0, 0.05) is 18.1 Å². The van der Waals surface area contributed by atoms with Gasteiger partial charge >= 0.3 is 0 Å². The van der Waals surface area contributed by atoms with E-state index in [1.54, 1.807) is 6.20 Å². The predicted octanol–water partition coefficient (Wildman–Crippen LogP) is 1.78. The van der Waals surface area contributed by atoms with Crippen LogP contribution in [0.15, 0.2) is 36.5 Å². The summed E-state index contributed by atoms with van der Waals surface area (Å²) >= 11 is 0. The zero-order valence-corrected chi connectivity index (χ0v) is 10.0. The summed E-state index contributed by atoms with van der Waals surface area (Å²) in [5, 5.41) is 7.23. The van der Waals surface area contributed by atoms with E-state index >= 15 is 0 Å². The molecule has 1 fully saturated rings. The van der Waals surface area contributed by atoms with Crippen LogP contribution in [0.2, 0.25) is 0 Å². The molecular weight excluding hydrogens is 226 g/mol. The number of nitrogens with zero attached hydrogens (tertiary/aromatic N) is 1. The summed E-state index contributed by atoms with van der Waals surface area (Å²) in [4.78, 5) is 16.4. The van der Waals surface area contributed by atoms with Crippen LogP contribution in [0.3, 0.4) is 0 Å². The van der Waals surface area contributed by atoms with Crippen LogP contribution in [0.25, 0.3) is 10.9 Å². The maximum Gasteiger partial charge on any atom is 0.228 e. The van der Waals surface area contributed by atoms with E-state index < -0.39 is 0 Å². The fraction of sp³-hybridized carbons (Fsp3) is 0.286. The lowest BCUT2D eigenvalue weighted by Crippen LogP contribution is -2.24. The van der Waals surface area contributed by atoms with E-state index in [0.717, 1.165) is 36.1 Å². The zero-order valence-electron chi connectivity index (χ0n) is 10.0. The predicted molar refractivity (Wildman–Crippen MR) is 71.3 cm³/mol. The van der Waals surface area contributed by atoms with Crippen LogP contribution in [0, 0.1) is 5.92 Å². The molecule has 0 spiro atoms. The molecule has 1 aliphatic heterocycles. The van der Waals surface area contributed by atoms with Crippen molar-refractivity contribution in [1.29, 1.82) is 0 Å². The third-order valence-electron chi connectivity index (χ3n) is 3.32. The number of hydrogen-bond acceptors (Lipinski definition) is 3. The number of rotatable bonds is 2. The molecular formula is C14H15N3O. The van der Waals surface area contributed by atoms with E-state index in [2.05, 4.69) is 15.6 Å². The van der Waals surface area contributed by atoms with Crippen LogP contribution in [0.5, 0.6) is 0 Å². The molecule has 1 aromatic carbocycles. The van der Waals surface area contributed by atoms with Gasteiger partial charge in [-0.25, -0.2) is 0 Å². The van der Waals surface area contributed by atoms with Gasteiger partial charge in [0.25, 0.3) is 0 Å². The average Bonchev–Trinajstić information content (AvgIpc) is 2.93. The number of hydrogen-bond donors (Lipinski definition) is 2. The second kappa shape index (κ2) is 4.74. The van der Waals surface area contributed by atoms with Crippen LogP contribution < -0.4 is 10.6 Å². The number of nitrogens with one attached hydrogen (secondary N) is 2. The lowest BCUT2D eigenvalue weighted by atomic mass is 10.1. The first-order chi connectivity index (χ1) is 8.84. The number of aromatic nitrogens is 1. The van der Waals surface area contributed by atoms with Crippen molar-refractivity contribution in [2.24, 2.45) is 5.92 Å². The Morgan fingerprint density at radius 2 is 2.22 bits per heavy atom. The fourth-order valence-electron chi connectivity index (χ4n) is 2.32. The minimum atomic E-state index is 0.0731. The van der Waals surface area contributed by atoms with Gasteiger partial charge in [-0.05, 0) is 25.1 Å². The summed E-state index contributed by atoms with van der Waals surface area (Å²) < 4.78 is 0. The maximum absolute atomic E-state index is 12.1. The Labute approximate surface area is 105 Å². The molecule has 2 heterocycles. The second-order valence-corrected chi connectivity index (χ2v) is 4.56. The number of pyridine rings is 1. The van der Waals surface area contributed by atoms with Crippen LogP contribution in [0.4, 0.5) is 5.69 Å². The Balaban J connectivity index is 1.88. The molecule has 18 heavy (non-hydrogen) atoms. The molecule has 2 aromatic rings. The first-order valence-corrected chi connectivity index (χ1v) is 6.20. The molecule has 0 radical (unpaired) electrons. The molecule has 1 aromatic heterocycles. The maximum atomic E-state index is 12.1. The number of carbonyl (C=O) groups excluding carboxylic acids is 1. The van der Waals surface area contributed by atoms with E-state index in [1.165, 1.54) is 0 Å². The monoisotopic (exact) mass is 241 g/mol. The highest BCUT2D eigenvalue weighted by Crippen LogP contribution is 2.21. The number of carbonyl (C=O) groups is 1. The van der Waals surface area contributed by atoms with Gasteiger partial charge in [-0.15, -0.1) is 0 Å². The van der Waals surface area contributed by atoms with Gasteiger partial charge in [0.15, 0.2) is 0 Å². The summed E-state index contributed by atoms with van der Waals surface area (Å²) in [5.74, 6) is 0.155. The fourth-order valence-corrected chi connectivity index (χ4v) is 2.32. The van der Waals surface area contributed by atoms with E-state index in [9.17, 15) is 4.79 Å². The second-order valence-electron chi connectivity index (χ2n) is 4.56. The highest BCUT2D eigenvalue weighted by atomic mass is 16.1. The molecule has 4 nitrogen and oxygen atoms in total. The number of fused-ring (bicyclic) bond motifs is 1. The Hall–Kier alpha value is -1.94. The van der Waals surface area contributed by atoms with Gasteiger partial charge in [0.1, 0.15) is 0 Å². The first kappa shape index (κ1) is 11.2. The molecule has 1 aliphatic rings. The minimum absolute atomic E-state index is 0.0731. The normalized spacial score (nSPS) is 19.0. The van der Waals surface area contributed by atoms with E-state index in [4.69, 9.17) is 0 Å². The lowest BCUT2D eigenvalue weighted by Gasteiger charge is -2.11. The van der Waals surface area contributed by atoms with Crippen molar-refractivity contribution in [3.63, 3.8) is 0 Å². The van der Waals surface area contributed by atoms with Gasteiger partial charge in [0.05, 0.1) is 17.1 Å². The number of benzene rings is 1. The summed E-state index contributed by atoms with van der Waals surface area (Å²) in [5.41, 5.74) is 1.64. The van der Waals surface area contributed by atoms with Gasteiger partial charge in [-0.2, -0.15) is 0 Å². The molecule has 3 rings (SSSR count). The quantitative estimate of drug-likeness (QED) is 0.842. The number of anilines is 1. The third kappa shape index (κ3) is 2.07. The van der Waals surface area contributed by atoms with E-state index in [0.29, 0.717) is 0 Å². The van der Waals surface area contributed by atoms with Crippen molar-refractivity contribution < 1.29 is 4.79 Å². The summed E-state index contributed by atoms with van der Waals surface area (Å²) in [7, 11) is 0. The van der Waals surface area contributed by atoms with E-state index in [-0.39, 0.29) is 11.8 Å². The molecule has 0 saturated carbocycles. The van der Waals surface area contributed by atoms with Crippen molar-refractivity contribution in [3.05, 3.63) is 36.5 Å². The molecule has 1 atom stereocenters.